The molecule has 0 fully saturated rings. The fourth-order valence-corrected chi connectivity index (χ4v) is 2.82. The number of rotatable bonds is 3. The average molecular weight is 252 g/mol. The van der Waals surface area contributed by atoms with Crippen LogP contribution < -0.4 is 10.2 Å². The van der Waals surface area contributed by atoms with Crippen LogP contribution in [0, 0.1) is 0 Å². The molecule has 0 aromatic heterocycles. The SMILES string of the molecule is CCN(c1ccccc1)c1cccc2c1NCCC2. The summed E-state index contributed by atoms with van der Waals surface area (Å²) in [7, 11) is 0. The minimum Gasteiger partial charge on any atom is -0.383 e. The topological polar surface area (TPSA) is 15.3 Å². The minimum atomic E-state index is 0.974. The van der Waals surface area contributed by atoms with Crippen molar-refractivity contribution in [3.05, 3.63) is 54.1 Å². The van der Waals surface area contributed by atoms with Gasteiger partial charge >= 0.3 is 0 Å². The smallest absolute Gasteiger partial charge is 0.0649 e. The number of hydrogen-bond acceptors (Lipinski definition) is 2. The van der Waals surface area contributed by atoms with Gasteiger partial charge in [-0.15, -0.1) is 0 Å². The molecule has 98 valence electrons. The first-order valence-corrected chi connectivity index (χ1v) is 7.08. The summed E-state index contributed by atoms with van der Waals surface area (Å²) in [5.74, 6) is 0. The van der Waals surface area contributed by atoms with Crippen LogP contribution in [0.15, 0.2) is 48.5 Å². The van der Waals surface area contributed by atoms with Crippen molar-refractivity contribution < 1.29 is 0 Å². The van der Waals surface area contributed by atoms with E-state index in [9.17, 15) is 0 Å². The van der Waals surface area contributed by atoms with Crippen molar-refractivity contribution in [1.29, 1.82) is 0 Å². The molecule has 0 atom stereocenters. The molecule has 19 heavy (non-hydrogen) atoms. The number of nitrogens with zero attached hydrogens (tertiary/aromatic N) is 1. The molecule has 1 N–H and O–H groups in total. The largest absolute Gasteiger partial charge is 0.383 e. The van der Waals surface area contributed by atoms with E-state index in [1.54, 1.807) is 0 Å². The van der Waals surface area contributed by atoms with Crippen LogP contribution in [0.5, 0.6) is 0 Å². The van der Waals surface area contributed by atoms with E-state index in [4.69, 9.17) is 0 Å². The van der Waals surface area contributed by atoms with Crippen LogP contribution in [0.25, 0.3) is 0 Å². The van der Waals surface area contributed by atoms with Gasteiger partial charge in [-0.05, 0) is 43.5 Å². The second kappa shape index (κ2) is 5.35. The molecule has 0 radical (unpaired) electrons. The van der Waals surface area contributed by atoms with Crippen LogP contribution in [-0.2, 0) is 6.42 Å². The maximum absolute atomic E-state index is 3.57. The van der Waals surface area contributed by atoms with Gasteiger partial charge in [0.2, 0.25) is 0 Å². The van der Waals surface area contributed by atoms with Gasteiger partial charge in [-0.3, -0.25) is 0 Å². The maximum Gasteiger partial charge on any atom is 0.0649 e. The molecular weight excluding hydrogens is 232 g/mol. The molecule has 0 aliphatic carbocycles. The zero-order chi connectivity index (χ0) is 13.1. The van der Waals surface area contributed by atoms with Crippen LogP contribution in [0.1, 0.15) is 18.9 Å². The third-order valence-electron chi connectivity index (χ3n) is 3.73. The Balaban J connectivity index is 2.05. The third kappa shape index (κ3) is 2.30. The van der Waals surface area contributed by atoms with E-state index in [1.807, 2.05) is 0 Å². The van der Waals surface area contributed by atoms with Gasteiger partial charge in [0.15, 0.2) is 0 Å². The molecule has 0 unspecified atom stereocenters. The molecule has 0 saturated heterocycles. The van der Waals surface area contributed by atoms with Crippen molar-refractivity contribution in [2.24, 2.45) is 0 Å². The first-order chi connectivity index (χ1) is 9.40. The second-order valence-electron chi connectivity index (χ2n) is 4.92. The molecule has 1 heterocycles. The monoisotopic (exact) mass is 252 g/mol. The lowest BCUT2D eigenvalue weighted by molar-refractivity contribution is 0.827. The van der Waals surface area contributed by atoms with Gasteiger partial charge in [0.25, 0.3) is 0 Å². The first kappa shape index (κ1) is 12.1. The summed E-state index contributed by atoms with van der Waals surface area (Å²) >= 11 is 0. The fraction of sp³-hybridized carbons (Fsp3) is 0.294. The summed E-state index contributed by atoms with van der Waals surface area (Å²) in [6, 6.07) is 17.2. The van der Waals surface area contributed by atoms with Crippen LogP contribution >= 0.6 is 0 Å². The number of para-hydroxylation sites is 2. The minimum absolute atomic E-state index is 0.974. The predicted molar refractivity (Wildman–Crippen MR) is 82.4 cm³/mol. The summed E-state index contributed by atoms with van der Waals surface area (Å²) in [5, 5.41) is 3.57. The highest BCUT2D eigenvalue weighted by atomic mass is 15.1. The Morgan fingerprint density at radius 2 is 1.89 bits per heavy atom. The predicted octanol–water partition coefficient (Wildman–Crippen LogP) is 4.20. The normalized spacial score (nSPS) is 13.5. The maximum atomic E-state index is 3.57. The molecular formula is C17H20N2. The molecule has 3 rings (SSSR count). The van der Waals surface area contributed by atoms with Gasteiger partial charge in [0.05, 0.1) is 11.4 Å². The van der Waals surface area contributed by atoms with Crippen molar-refractivity contribution in [2.75, 3.05) is 23.3 Å². The van der Waals surface area contributed by atoms with Crippen LogP contribution in [0.2, 0.25) is 0 Å². The quantitative estimate of drug-likeness (QED) is 0.880. The Kier molecular flexibility index (Phi) is 3.41. The standard InChI is InChI=1S/C17H20N2/c1-2-19(15-10-4-3-5-11-15)16-12-6-8-14-9-7-13-18-17(14)16/h3-6,8,10-12,18H,2,7,9,13H2,1H3. The Morgan fingerprint density at radius 3 is 2.68 bits per heavy atom. The Hall–Kier alpha value is -1.96. The summed E-state index contributed by atoms with van der Waals surface area (Å²) in [6.45, 7) is 4.26. The number of benzene rings is 2. The Labute approximate surface area is 115 Å². The molecule has 2 aromatic carbocycles. The highest BCUT2D eigenvalue weighted by Crippen LogP contribution is 2.36. The van der Waals surface area contributed by atoms with Gasteiger partial charge in [-0.1, -0.05) is 30.3 Å². The molecule has 0 bridgehead atoms. The molecule has 0 saturated carbocycles. The van der Waals surface area contributed by atoms with E-state index in [2.05, 4.69) is 65.7 Å². The number of nitrogens with one attached hydrogen (secondary N) is 1. The van der Waals surface area contributed by atoms with E-state index in [0.717, 1.165) is 13.1 Å². The number of fused-ring (bicyclic) bond motifs is 1. The molecule has 1 aliphatic rings. The lowest BCUT2D eigenvalue weighted by Crippen LogP contribution is -2.20. The molecule has 2 aromatic rings. The van der Waals surface area contributed by atoms with Gasteiger partial charge in [-0.25, -0.2) is 0 Å². The lowest BCUT2D eigenvalue weighted by Gasteiger charge is -2.29. The van der Waals surface area contributed by atoms with Gasteiger partial charge in [0.1, 0.15) is 0 Å². The van der Waals surface area contributed by atoms with Crippen LogP contribution in [-0.4, -0.2) is 13.1 Å². The van der Waals surface area contributed by atoms with E-state index in [-0.39, 0.29) is 0 Å². The van der Waals surface area contributed by atoms with E-state index < -0.39 is 0 Å². The Bertz CT molecular complexity index is 548. The van der Waals surface area contributed by atoms with Gasteiger partial charge in [-0.2, -0.15) is 0 Å². The molecule has 0 amide bonds. The van der Waals surface area contributed by atoms with Gasteiger partial charge < -0.3 is 10.2 Å². The summed E-state index contributed by atoms with van der Waals surface area (Å²) in [4.78, 5) is 2.37. The molecule has 1 aliphatic heterocycles. The summed E-state index contributed by atoms with van der Waals surface area (Å²) in [6.07, 6.45) is 2.41. The van der Waals surface area contributed by atoms with Crippen LogP contribution in [0.4, 0.5) is 17.1 Å². The van der Waals surface area contributed by atoms with E-state index in [1.165, 1.54) is 35.5 Å². The van der Waals surface area contributed by atoms with E-state index in [0.29, 0.717) is 0 Å². The zero-order valence-electron chi connectivity index (χ0n) is 11.4. The van der Waals surface area contributed by atoms with Crippen molar-refractivity contribution in [3.8, 4) is 0 Å². The highest BCUT2D eigenvalue weighted by Gasteiger charge is 2.16. The number of anilines is 3. The fourth-order valence-electron chi connectivity index (χ4n) is 2.82. The van der Waals surface area contributed by atoms with E-state index >= 15 is 0 Å². The summed E-state index contributed by atoms with van der Waals surface area (Å²) < 4.78 is 0. The van der Waals surface area contributed by atoms with Crippen molar-refractivity contribution >= 4 is 17.1 Å². The van der Waals surface area contributed by atoms with Crippen molar-refractivity contribution in [3.63, 3.8) is 0 Å². The van der Waals surface area contributed by atoms with Gasteiger partial charge in [0, 0.05) is 18.8 Å². The number of hydrogen-bond donors (Lipinski definition) is 1. The van der Waals surface area contributed by atoms with Crippen molar-refractivity contribution in [2.45, 2.75) is 19.8 Å². The average Bonchev–Trinajstić information content (AvgIpc) is 2.49. The van der Waals surface area contributed by atoms with Crippen LogP contribution in [0.3, 0.4) is 0 Å². The lowest BCUT2D eigenvalue weighted by atomic mass is 10.0. The Morgan fingerprint density at radius 1 is 1.05 bits per heavy atom. The summed E-state index contributed by atoms with van der Waals surface area (Å²) in [5.41, 5.74) is 5.31. The zero-order valence-corrected chi connectivity index (χ0v) is 11.4. The second-order valence-corrected chi connectivity index (χ2v) is 4.92. The highest BCUT2D eigenvalue weighted by molar-refractivity contribution is 5.79. The van der Waals surface area contributed by atoms with Crippen molar-refractivity contribution in [1.82, 2.24) is 0 Å². The number of aryl methyl sites for hydroxylation is 1. The molecule has 0 spiro atoms. The molecule has 2 nitrogen and oxygen atoms in total. The first-order valence-electron chi connectivity index (χ1n) is 7.08. The molecule has 2 heteroatoms. The third-order valence-corrected chi connectivity index (χ3v) is 3.73.